The summed E-state index contributed by atoms with van der Waals surface area (Å²) in [7, 11) is 0. The first-order valence-electron chi connectivity index (χ1n) is 24.6. The van der Waals surface area contributed by atoms with E-state index in [1.54, 1.807) is 36.4 Å². The second kappa shape index (κ2) is 27.7. The SMILES string of the molecule is CCC1C=CC(NC(=O)OCc2ccccc2)C(OC2C(C)CC(NCC(O)CO)C(O)C2OC2OC(CO)C(OC3OC(CNC(=O)OCc4ccccc4)C=CC3NC(=O)OCc3ccccc3)C2O)O1. The van der Waals surface area contributed by atoms with Gasteiger partial charge in [-0.05, 0) is 35.4 Å². The van der Waals surface area contributed by atoms with Crippen molar-refractivity contribution in [3.8, 4) is 0 Å². The molecule has 3 amide bonds. The first kappa shape index (κ1) is 55.2. The molecule has 1 aliphatic carbocycles. The Bertz CT molecular complexity index is 2210. The maximum Gasteiger partial charge on any atom is 0.408 e. The third-order valence-electron chi connectivity index (χ3n) is 12.8. The molecule has 3 aliphatic heterocycles. The number of ether oxygens (including phenoxy) is 9. The van der Waals surface area contributed by atoms with Crippen molar-refractivity contribution in [3.05, 3.63) is 132 Å². The molecule has 3 aromatic rings. The van der Waals surface area contributed by atoms with Crippen LogP contribution in [0.1, 0.15) is 43.4 Å². The Morgan fingerprint density at radius 2 is 1.12 bits per heavy atom. The Labute approximate surface area is 423 Å². The summed E-state index contributed by atoms with van der Waals surface area (Å²) in [5.74, 6) is -0.422. The van der Waals surface area contributed by atoms with Crippen LogP contribution in [-0.4, -0.2) is 162 Å². The maximum absolute atomic E-state index is 13.2. The van der Waals surface area contributed by atoms with Crippen LogP contribution in [0.2, 0.25) is 0 Å². The van der Waals surface area contributed by atoms with Gasteiger partial charge < -0.3 is 89.4 Å². The second-order valence-electron chi connectivity index (χ2n) is 18.2. The van der Waals surface area contributed by atoms with E-state index in [2.05, 4.69) is 21.3 Å². The third kappa shape index (κ3) is 16.0. The van der Waals surface area contributed by atoms with Gasteiger partial charge in [0, 0.05) is 12.6 Å². The zero-order valence-corrected chi connectivity index (χ0v) is 40.7. The van der Waals surface area contributed by atoms with E-state index in [9.17, 15) is 39.9 Å². The van der Waals surface area contributed by atoms with E-state index in [0.717, 1.165) is 16.7 Å². The lowest BCUT2D eigenvalue weighted by Crippen LogP contribution is -2.62. The van der Waals surface area contributed by atoms with Gasteiger partial charge in [0.2, 0.25) is 0 Å². The first-order valence-corrected chi connectivity index (χ1v) is 24.6. The van der Waals surface area contributed by atoms with Crippen LogP contribution in [0.15, 0.2) is 115 Å². The summed E-state index contributed by atoms with van der Waals surface area (Å²) >= 11 is 0. The fraction of sp³-hybridized carbons (Fsp3) is 0.519. The van der Waals surface area contributed by atoms with E-state index in [1.807, 2.05) is 92.7 Å². The van der Waals surface area contributed by atoms with Gasteiger partial charge in [-0.15, -0.1) is 0 Å². The molecular formula is C52H68N4O17. The molecule has 73 heavy (non-hydrogen) atoms. The van der Waals surface area contributed by atoms with Crippen molar-refractivity contribution in [1.29, 1.82) is 0 Å². The highest BCUT2D eigenvalue weighted by Crippen LogP contribution is 2.36. The van der Waals surface area contributed by atoms with Crippen molar-refractivity contribution in [2.24, 2.45) is 5.92 Å². The normalized spacial score (nSPS) is 31.2. The van der Waals surface area contributed by atoms with Gasteiger partial charge in [0.1, 0.15) is 56.3 Å². The number of alkyl carbamates (subject to hydrolysis) is 3. The minimum Gasteiger partial charge on any atom is -0.445 e. The number of hydrogen-bond acceptors (Lipinski definition) is 18. The average molecular weight is 1020 g/mol. The van der Waals surface area contributed by atoms with Gasteiger partial charge in [0.25, 0.3) is 0 Å². The van der Waals surface area contributed by atoms with Crippen LogP contribution < -0.4 is 21.3 Å². The number of amides is 3. The van der Waals surface area contributed by atoms with Gasteiger partial charge in [0.15, 0.2) is 18.9 Å². The van der Waals surface area contributed by atoms with Crippen LogP contribution in [-0.2, 0) is 62.5 Å². The quantitative estimate of drug-likeness (QED) is 0.0516. The predicted molar refractivity (Wildman–Crippen MR) is 259 cm³/mol. The number of carbonyl (C=O) groups is 3. The highest BCUT2D eigenvalue weighted by molar-refractivity contribution is 5.69. The molecule has 2 fully saturated rings. The topological polar surface area (TPSA) is 284 Å². The first-order chi connectivity index (χ1) is 35.4. The summed E-state index contributed by atoms with van der Waals surface area (Å²) < 4.78 is 54.6. The lowest BCUT2D eigenvalue weighted by Gasteiger charge is -2.46. The number of nitrogens with one attached hydrogen (secondary N) is 4. The maximum atomic E-state index is 13.2. The van der Waals surface area contributed by atoms with E-state index >= 15 is 0 Å². The molecule has 3 heterocycles. The van der Waals surface area contributed by atoms with Crippen molar-refractivity contribution >= 4 is 18.3 Å². The van der Waals surface area contributed by atoms with Gasteiger partial charge in [-0.1, -0.05) is 129 Å². The molecular weight excluding hydrogens is 953 g/mol. The molecule has 398 valence electrons. The number of aliphatic hydroxyl groups is 5. The molecule has 16 unspecified atom stereocenters. The van der Waals surface area contributed by atoms with Crippen LogP contribution in [0.4, 0.5) is 14.4 Å². The largest absolute Gasteiger partial charge is 0.445 e. The molecule has 3 aromatic carbocycles. The monoisotopic (exact) mass is 1020 g/mol. The van der Waals surface area contributed by atoms with Crippen molar-refractivity contribution in [1.82, 2.24) is 21.3 Å². The Morgan fingerprint density at radius 3 is 1.64 bits per heavy atom. The van der Waals surface area contributed by atoms with Crippen molar-refractivity contribution in [2.75, 3.05) is 26.3 Å². The number of aliphatic hydroxyl groups excluding tert-OH is 5. The lowest BCUT2D eigenvalue weighted by molar-refractivity contribution is -0.287. The van der Waals surface area contributed by atoms with E-state index in [-0.39, 0.29) is 39.3 Å². The van der Waals surface area contributed by atoms with Gasteiger partial charge in [-0.25, -0.2) is 14.4 Å². The molecule has 1 saturated heterocycles. The average Bonchev–Trinajstić information content (AvgIpc) is 3.71. The molecule has 1 saturated carbocycles. The summed E-state index contributed by atoms with van der Waals surface area (Å²) in [6.45, 7) is 2.42. The summed E-state index contributed by atoms with van der Waals surface area (Å²) in [4.78, 5) is 39.0. The van der Waals surface area contributed by atoms with Crippen molar-refractivity contribution < 1.29 is 82.5 Å². The molecule has 9 N–H and O–H groups in total. The number of benzene rings is 3. The summed E-state index contributed by atoms with van der Waals surface area (Å²) in [5.41, 5.74) is 2.32. The molecule has 0 spiro atoms. The fourth-order valence-electron chi connectivity index (χ4n) is 8.79. The molecule has 4 aliphatic rings. The van der Waals surface area contributed by atoms with E-state index < -0.39 is 129 Å². The number of rotatable bonds is 22. The zero-order valence-electron chi connectivity index (χ0n) is 40.7. The zero-order chi connectivity index (χ0) is 51.7. The molecule has 0 bridgehead atoms. The van der Waals surface area contributed by atoms with Crippen LogP contribution in [0, 0.1) is 5.92 Å². The van der Waals surface area contributed by atoms with Crippen LogP contribution in [0.25, 0.3) is 0 Å². The van der Waals surface area contributed by atoms with Crippen molar-refractivity contribution in [3.63, 3.8) is 0 Å². The molecule has 0 radical (unpaired) electrons. The second-order valence-corrected chi connectivity index (χ2v) is 18.2. The van der Waals surface area contributed by atoms with Crippen LogP contribution in [0.3, 0.4) is 0 Å². The Hall–Kier alpha value is -5.53. The lowest BCUT2D eigenvalue weighted by atomic mass is 9.80. The van der Waals surface area contributed by atoms with Gasteiger partial charge >= 0.3 is 18.3 Å². The van der Waals surface area contributed by atoms with Crippen molar-refractivity contribution in [2.45, 2.75) is 138 Å². The number of carbonyl (C=O) groups excluding carboxylic acids is 3. The molecule has 21 nitrogen and oxygen atoms in total. The van der Waals surface area contributed by atoms with Gasteiger partial charge in [-0.3, -0.25) is 0 Å². The standard InChI is InChI=1S/C52H68N4O17/c1-3-36-19-21-38(55-51(63)66-29-33-15-9-5-10-16-33)47(68-36)71-44-31(2)23-40(53-24-35(59)26-57)42(60)46(44)73-49-43(61)45(41(27-58)70-49)72-48-39(56-52(64)67-30-34-17-11-6-12-18-34)22-20-37(69-48)25-54-50(62)65-28-32-13-7-4-8-14-32/h4-22,31,35-49,53,57-61H,3,23-30H2,1-2H3,(H,54,62)(H,55,63)(H,56,64). The summed E-state index contributed by atoms with van der Waals surface area (Å²) in [5, 5.41) is 65.8. The molecule has 7 rings (SSSR count). The third-order valence-corrected chi connectivity index (χ3v) is 12.8. The highest BCUT2D eigenvalue weighted by atomic mass is 16.8. The smallest absolute Gasteiger partial charge is 0.408 e. The Balaban J connectivity index is 1.06. The molecule has 0 aromatic heterocycles. The van der Waals surface area contributed by atoms with Crippen LogP contribution >= 0.6 is 0 Å². The Morgan fingerprint density at radius 1 is 0.630 bits per heavy atom. The highest BCUT2D eigenvalue weighted by Gasteiger charge is 2.53. The summed E-state index contributed by atoms with van der Waals surface area (Å²) in [6, 6.07) is 24.7. The molecule has 16 atom stereocenters. The van der Waals surface area contributed by atoms with Gasteiger partial charge in [0.05, 0.1) is 50.3 Å². The van der Waals surface area contributed by atoms with Gasteiger partial charge in [-0.2, -0.15) is 0 Å². The predicted octanol–water partition coefficient (Wildman–Crippen LogP) is 2.42. The minimum atomic E-state index is -1.67. The van der Waals surface area contributed by atoms with Crippen LogP contribution in [0.5, 0.6) is 0 Å². The minimum absolute atomic E-state index is 0.0172. The fourth-order valence-corrected chi connectivity index (χ4v) is 8.79. The van der Waals surface area contributed by atoms with E-state index in [0.29, 0.717) is 6.42 Å². The van der Waals surface area contributed by atoms with E-state index in [4.69, 9.17) is 42.6 Å². The van der Waals surface area contributed by atoms with E-state index in [1.165, 1.54) is 0 Å². The summed E-state index contributed by atoms with van der Waals surface area (Å²) in [6.07, 6.45) is -9.04. The molecule has 21 heteroatoms. The number of hydrogen-bond donors (Lipinski definition) is 9. The Kier molecular flexibility index (Phi) is 20.9.